The van der Waals surface area contributed by atoms with Gasteiger partial charge in [0.1, 0.15) is 5.82 Å². The van der Waals surface area contributed by atoms with Crippen LogP contribution >= 0.6 is 0 Å². The Morgan fingerprint density at radius 3 is 2.74 bits per heavy atom. The number of aromatic nitrogens is 1. The van der Waals surface area contributed by atoms with E-state index >= 15 is 4.39 Å². The van der Waals surface area contributed by atoms with Gasteiger partial charge in [0.15, 0.2) is 5.75 Å². The third-order valence-electron chi connectivity index (χ3n) is 7.01. The van der Waals surface area contributed by atoms with E-state index in [0.29, 0.717) is 29.7 Å². The number of carboxylic acid groups (broad SMARTS) is 1. The molecule has 0 amide bonds. The first kappa shape index (κ1) is 20.1. The summed E-state index contributed by atoms with van der Waals surface area (Å²) in [4.78, 5) is 25.8. The van der Waals surface area contributed by atoms with Gasteiger partial charge < -0.3 is 24.6 Å². The highest BCUT2D eigenvalue weighted by Crippen LogP contribution is 2.41. The predicted octanol–water partition coefficient (Wildman–Crippen LogP) is 3.67. The summed E-state index contributed by atoms with van der Waals surface area (Å²) in [6, 6.07) is 3.53. The molecule has 0 bridgehead atoms. The largest absolute Gasteiger partial charge is 0.511 e. The Morgan fingerprint density at radius 1 is 1.29 bits per heavy atom. The lowest BCUT2D eigenvalue weighted by Crippen LogP contribution is -2.38. The fourth-order valence-electron chi connectivity index (χ4n) is 5.22. The molecule has 1 aromatic carbocycles. The van der Waals surface area contributed by atoms with Gasteiger partial charge in [-0.15, -0.1) is 0 Å². The molecule has 1 saturated heterocycles. The molecule has 7 nitrogen and oxygen atoms in total. The van der Waals surface area contributed by atoms with Crippen LogP contribution in [0.1, 0.15) is 38.6 Å². The maximum Gasteiger partial charge on any atom is 0.511 e. The molecule has 2 fully saturated rings. The molecule has 31 heavy (non-hydrogen) atoms. The number of hydrogen-bond donors (Lipinski definition) is 2. The molecule has 164 valence electrons. The lowest BCUT2D eigenvalue weighted by atomic mass is 9.81. The molecule has 3 aliphatic rings. The summed E-state index contributed by atoms with van der Waals surface area (Å²) in [5.41, 5.74) is 3.27. The van der Waals surface area contributed by atoms with Crippen molar-refractivity contribution in [2.24, 2.45) is 5.92 Å². The molecule has 0 spiro atoms. The third-order valence-corrected chi connectivity index (χ3v) is 7.01. The van der Waals surface area contributed by atoms with Gasteiger partial charge in [0, 0.05) is 31.1 Å². The van der Waals surface area contributed by atoms with Crippen LogP contribution in [-0.4, -0.2) is 42.0 Å². The highest BCUT2D eigenvalue weighted by atomic mass is 19.1. The summed E-state index contributed by atoms with van der Waals surface area (Å²) in [6.45, 7) is 3.59. The van der Waals surface area contributed by atoms with Crippen LogP contribution in [0.4, 0.5) is 14.9 Å². The molecule has 1 aliphatic heterocycles. The molecular formula is C23H26FN3O4. The third kappa shape index (κ3) is 3.39. The van der Waals surface area contributed by atoms with Crippen LogP contribution in [0.25, 0.3) is 10.9 Å². The Hall–Kier alpha value is -2.87. The highest BCUT2D eigenvalue weighted by Gasteiger charge is 2.38. The first-order chi connectivity index (χ1) is 14.9. The van der Waals surface area contributed by atoms with E-state index in [1.165, 1.54) is 23.4 Å². The van der Waals surface area contributed by atoms with E-state index in [0.717, 1.165) is 32.2 Å². The first-order valence-corrected chi connectivity index (χ1v) is 10.8. The molecule has 2 aliphatic carbocycles. The normalized spacial score (nSPS) is 23.4. The number of fused-ring (bicyclic) bond motifs is 2. The van der Waals surface area contributed by atoms with E-state index in [1.54, 1.807) is 6.07 Å². The van der Waals surface area contributed by atoms with Crippen molar-refractivity contribution in [2.75, 3.05) is 25.0 Å². The number of benzene rings is 1. The van der Waals surface area contributed by atoms with Crippen molar-refractivity contribution >= 4 is 22.7 Å². The summed E-state index contributed by atoms with van der Waals surface area (Å²) >= 11 is 0. The number of nitrogens with one attached hydrogen (secondary N) is 1. The van der Waals surface area contributed by atoms with Crippen molar-refractivity contribution in [1.29, 1.82) is 0 Å². The Balaban J connectivity index is 1.61. The fourth-order valence-corrected chi connectivity index (χ4v) is 5.22. The zero-order chi connectivity index (χ0) is 21.9. The Kier molecular flexibility index (Phi) is 4.77. The Labute approximate surface area is 179 Å². The van der Waals surface area contributed by atoms with E-state index < -0.39 is 17.4 Å². The average Bonchev–Trinajstić information content (AvgIpc) is 3.48. The second-order valence-electron chi connectivity index (χ2n) is 8.88. The van der Waals surface area contributed by atoms with Gasteiger partial charge in [-0.25, -0.2) is 9.18 Å². The minimum absolute atomic E-state index is 0.145. The van der Waals surface area contributed by atoms with Crippen molar-refractivity contribution in [3.63, 3.8) is 0 Å². The number of pyridine rings is 1. The van der Waals surface area contributed by atoms with Crippen LogP contribution in [0.5, 0.6) is 5.75 Å². The number of halogens is 1. The number of hydrogen-bond acceptors (Lipinski definition) is 5. The smallest absolute Gasteiger partial charge is 0.449 e. The van der Waals surface area contributed by atoms with Crippen molar-refractivity contribution in [3.05, 3.63) is 45.5 Å². The Morgan fingerprint density at radius 2 is 2.06 bits per heavy atom. The predicted molar refractivity (Wildman–Crippen MR) is 116 cm³/mol. The maximum atomic E-state index is 15.3. The topological polar surface area (TPSA) is 83.8 Å². The van der Waals surface area contributed by atoms with Gasteiger partial charge in [-0.2, -0.15) is 0 Å². The summed E-state index contributed by atoms with van der Waals surface area (Å²) in [5.74, 6) is -0.410. The summed E-state index contributed by atoms with van der Waals surface area (Å²) in [5, 5.41) is 12.5. The van der Waals surface area contributed by atoms with Gasteiger partial charge in [-0.05, 0) is 57.4 Å². The molecule has 2 heterocycles. The lowest BCUT2D eigenvalue weighted by Gasteiger charge is -2.29. The van der Waals surface area contributed by atoms with Gasteiger partial charge in [0.2, 0.25) is 5.43 Å². The number of carbonyl (C=O) groups is 1. The fraction of sp³-hybridized carbons (Fsp3) is 0.478. The number of allylic oxidation sites excluding steroid dienone is 1. The van der Waals surface area contributed by atoms with Crippen LogP contribution < -0.4 is 20.4 Å². The molecule has 8 heteroatoms. The quantitative estimate of drug-likeness (QED) is 0.572. The van der Waals surface area contributed by atoms with Gasteiger partial charge in [0.05, 0.1) is 22.8 Å². The molecular weight excluding hydrogens is 401 g/mol. The first-order valence-electron chi connectivity index (χ1n) is 10.8. The number of rotatable bonds is 4. The highest BCUT2D eigenvalue weighted by molar-refractivity contribution is 5.85. The van der Waals surface area contributed by atoms with Crippen molar-refractivity contribution in [3.8, 4) is 5.75 Å². The van der Waals surface area contributed by atoms with Gasteiger partial charge in [0.25, 0.3) is 0 Å². The van der Waals surface area contributed by atoms with Crippen LogP contribution in [0, 0.1) is 11.7 Å². The molecule has 5 rings (SSSR count). The number of anilines is 1. The zero-order valence-corrected chi connectivity index (χ0v) is 17.7. The molecule has 0 unspecified atom stereocenters. The molecule has 2 N–H and O–H groups in total. The second-order valence-corrected chi connectivity index (χ2v) is 8.88. The van der Waals surface area contributed by atoms with Crippen molar-refractivity contribution in [1.82, 2.24) is 9.88 Å². The SMILES string of the molecule is CN[C@@H]1CCC(C)=C2CN(c3cc4c(cc3F)c(=O)c(OC(=O)O)cn4C3CC3)C[C@H]21. The molecule has 2 aromatic rings. The molecule has 0 radical (unpaired) electrons. The van der Waals surface area contributed by atoms with Crippen molar-refractivity contribution in [2.45, 2.75) is 44.7 Å². The van der Waals surface area contributed by atoms with Gasteiger partial charge in [-0.1, -0.05) is 5.57 Å². The monoisotopic (exact) mass is 427 g/mol. The van der Waals surface area contributed by atoms with Crippen LogP contribution in [0.3, 0.4) is 0 Å². The van der Waals surface area contributed by atoms with Crippen LogP contribution in [0.2, 0.25) is 0 Å². The number of ether oxygens (including phenoxy) is 1. The van der Waals surface area contributed by atoms with E-state index in [9.17, 15) is 9.59 Å². The molecule has 1 saturated carbocycles. The lowest BCUT2D eigenvalue weighted by molar-refractivity contribution is 0.143. The standard InChI is InChI=1S/C23H26FN3O4/c1-12-3-6-18(25-2)16-10-26(9-15(12)16)20-8-19-14(7-17(20)24)22(28)21(31-23(29)30)11-27(19)13-4-5-13/h7-8,11,13,16,18,25H,3-6,9-10H2,1-2H3,(H,29,30)/t16-,18-/m1/s1. The van der Waals surface area contributed by atoms with Crippen LogP contribution in [-0.2, 0) is 0 Å². The summed E-state index contributed by atoms with van der Waals surface area (Å²) in [7, 11) is 1.98. The van der Waals surface area contributed by atoms with Crippen molar-refractivity contribution < 1.29 is 19.0 Å². The van der Waals surface area contributed by atoms with E-state index in [2.05, 4.69) is 21.9 Å². The second kappa shape index (κ2) is 7.37. The zero-order valence-electron chi connectivity index (χ0n) is 17.7. The maximum absolute atomic E-state index is 15.3. The van der Waals surface area contributed by atoms with Gasteiger partial charge >= 0.3 is 6.16 Å². The summed E-state index contributed by atoms with van der Waals surface area (Å²) in [6.07, 6.45) is 3.89. The molecule has 2 atom stereocenters. The molecule has 1 aromatic heterocycles. The van der Waals surface area contributed by atoms with Crippen LogP contribution in [0.15, 0.2) is 34.3 Å². The summed E-state index contributed by atoms with van der Waals surface area (Å²) < 4.78 is 21.8. The van der Waals surface area contributed by atoms with E-state index in [1.807, 2.05) is 11.6 Å². The Bertz CT molecular complexity index is 1170. The minimum atomic E-state index is -1.56. The van der Waals surface area contributed by atoms with E-state index in [4.69, 9.17) is 5.11 Å². The van der Waals surface area contributed by atoms with Gasteiger partial charge in [-0.3, -0.25) is 4.79 Å². The minimum Gasteiger partial charge on any atom is -0.449 e. The number of nitrogens with zero attached hydrogens (tertiary/aromatic N) is 2. The average molecular weight is 427 g/mol. The van der Waals surface area contributed by atoms with E-state index in [-0.39, 0.29) is 17.2 Å².